The van der Waals surface area contributed by atoms with Crippen LogP contribution in [0.1, 0.15) is 28.0 Å². The van der Waals surface area contributed by atoms with E-state index in [2.05, 4.69) is 0 Å². The third kappa shape index (κ3) is 2.10. The largest absolute Gasteiger partial charge is 0.421 e. The number of H-pyrrole nitrogens is 1. The van der Waals surface area contributed by atoms with Crippen LogP contribution in [0.5, 0.6) is 0 Å². The van der Waals surface area contributed by atoms with Crippen LogP contribution < -0.4 is 5.43 Å². The predicted octanol–water partition coefficient (Wildman–Crippen LogP) is 2.14. The molecule has 88 valence electrons. The minimum absolute atomic E-state index is 0.122. The summed E-state index contributed by atoms with van der Waals surface area (Å²) in [5.74, 6) is 0. The molecule has 0 bridgehead atoms. The first-order valence-electron chi connectivity index (χ1n) is 3.85. The molecule has 1 aromatic heterocycles. The molecule has 0 saturated carbocycles. The maximum Gasteiger partial charge on any atom is 0.421 e. The number of aromatic nitrogens is 1. The van der Waals surface area contributed by atoms with Crippen LogP contribution in [0.25, 0.3) is 0 Å². The summed E-state index contributed by atoms with van der Waals surface area (Å²) in [6.07, 6.45) is -8.42. The van der Waals surface area contributed by atoms with E-state index < -0.39 is 34.9 Å². The van der Waals surface area contributed by atoms with Gasteiger partial charge in [0.05, 0.1) is 11.3 Å². The fourth-order valence-corrected chi connectivity index (χ4v) is 1.07. The monoisotopic (exact) mass is 241 g/mol. The molecule has 0 atom stereocenters. The fraction of sp³-hybridized carbons (Fsp3) is 0.250. The summed E-state index contributed by atoms with van der Waals surface area (Å²) in [6.45, 7) is 0. The number of carbonyl (C=O) groups is 1. The molecule has 0 spiro atoms. The van der Waals surface area contributed by atoms with Crippen molar-refractivity contribution in [3.05, 3.63) is 33.2 Å². The van der Waals surface area contributed by atoms with Crippen LogP contribution in [0.4, 0.5) is 22.0 Å². The van der Waals surface area contributed by atoms with Crippen molar-refractivity contribution in [2.24, 2.45) is 0 Å². The van der Waals surface area contributed by atoms with Crippen molar-refractivity contribution in [2.75, 3.05) is 0 Å². The van der Waals surface area contributed by atoms with Gasteiger partial charge in [-0.05, 0) is 0 Å². The van der Waals surface area contributed by atoms with Crippen molar-refractivity contribution in [3.8, 4) is 0 Å². The Labute approximate surface area is 84.9 Å². The summed E-state index contributed by atoms with van der Waals surface area (Å²) in [7, 11) is 0. The first kappa shape index (κ1) is 12.3. The number of aromatic amines is 1. The van der Waals surface area contributed by atoms with Gasteiger partial charge in [-0.1, -0.05) is 0 Å². The average Bonchev–Trinajstić information content (AvgIpc) is 2.14. The Balaban J connectivity index is 3.54. The molecule has 0 radical (unpaired) electrons. The second-order valence-corrected chi connectivity index (χ2v) is 2.78. The van der Waals surface area contributed by atoms with Gasteiger partial charge in [0, 0.05) is 6.20 Å². The highest BCUT2D eigenvalue weighted by molar-refractivity contribution is 5.76. The molecule has 0 amide bonds. The van der Waals surface area contributed by atoms with Crippen molar-refractivity contribution in [1.29, 1.82) is 0 Å². The van der Waals surface area contributed by atoms with Gasteiger partial charge >= 0.3 is 6.18 Å². The van der Waals surface area contributed by atoms with Gasteiger partial charge in [-0.25, -0.2) is 8.78 Å². The van der Waals surface area contributed by atoms with Crippen molar-refractivity contribution in [3.63, 3.8) is 0 Å². The second-order valence-electron chi connectivity index (χ2n) is 2.78. The van der Waals surface area contributed by atoms with Crippen molar-refractivity contribution < 1.29 is 26.7 Å². The zero-order valence-electron chi connectivity index (χ0n) is 7.44. The van der Waals surface area contributed by atoms with Crippen LogP contribution in [-0.4, -0.2) is 11.3 Å². The molecule has 8 heteroatoms. The van der Waals surface area contributed by atoms with E-state index in [0.717, 1.165) is 0 Å². The predicted molar refractivity (Wildman–Crippen MR) is 42.4 cm³/mol. The van der Waals surface area contributed by atoms with E-state index in [0.29, 0.717) is 0 Å². The van der Waals surface area contributed by atoms with E-state index in [1.54, 1.807) is 4.98 Å². The van der Waals surface area contributed by atoms with Crippen LogP contribution in [0.2, 0.25) is 0 Å². The normalized spacial score (nSPS) is 11.9. The van der Waals surface area contributed by atoms with Crippen LogP contribution >= 0.6 is 0 Å². The van der Waals surface area contributed by atoms with Crippen LogP contribution in [-0.2, 0) is 6.18 Å². The number of rotatable bonds is 2. The van der Waals surface area contributed by atoms with Crippen molar-refractivity contribution in [2.45, 2.75) is 12.6 Å². The first-order valence-corrected chi connectivity index (χ1v) is 3.85. The molecular weight excluding hydrogens is 237 g/mol. The summed E-state index contributed by atoms with van der Waals surface area (Å²) in [5.41, 5.74) is -5.76. The van der Waals surface area contributed by atoms with Gasteiger partial charge in [-0.2, -0.15) is 13.2 Å². The standard InChI is InChI=1S/C8H4F5NO2/c9-7(10)5-3(2-15)6(16)4(1-14-5)8(11,12)13/h1-2,7H,(H,14,16). The number of carbonyl (C=O) groups excluding carboxylic acids is 1. The Kier molecular flexibility index (Phi) is 3.11. The summed E-state index contributed by atoms with van der Waals surface area (Å²) in [4.78, 5) is 23.0. The lowest BCUT2D eigenvalue weighted by Gasteiger charge is -2.08. The molecule has 0 aliphatic carbocycles. The van der Waals surface area contributed by atoms with Gasteiger partial charge in [-0.15, -0.1) is 0 Å². The first-order chi connectivity index (χ1) is 7.29. The number of nitrogens with one attached hydrogen (secondary N) is 1. The van der Waals surface area contributed by atoms with E-state index in [9.17, 15) is 31.5 Å². The molecule has 1 rings (SSSR count). The van der Waals surface area contributed by atoms with Crippen molar-refractivity contribution >= 4 is 6.29 Å². The molecule has 0 saturated heterocycles. The maximum atomic E-state index is 12.2. The van der Waals surface area contributed by atoms with E-state index in [1.807, 2.05) is 0 Å². The highest BCUT2D eigenvalue weighted by Crippen LogP contribution is 2.27. The average molecular weight is 241 g/mol. The third-order valence-electron chi connectivity index (χ3n) is 1.79. The SMILES string of the molecule is O=Cc1c(C(F)F)[nH]cc(C(F)(F)F)c1=O. The lowest BCUT2D eigenvalue weighted by molar-refractivity contribution is -0.138. The lowest BCUT2D eigenvalue weighted by atomic mass is 10.1. The topological polar surface area (TPSA) is 49.9 Å². The van der Waals surface area contributed by atoms with Crippen LogP contribution in [0.3, 0.4) is 0 Å². The Morgan fingerprint density at radius 2 is 1.88 bits per heavy atom. The molecule has 0 aromatic carbocycles. The maximum absolute atomic E-state index is 12.2. The number of hydrogen-bond acceptors (Lipinski definition) is 2. The smallest absolute Gasteiger partial charge is 0.359 e. The number of hydrogen-bond donors (Lipinski definition) is 1. The minimum atomic E-state index is -4.99. The molecule has 16 heavy (non-hydrogen) atoms. The Morgan fingerprint density at radius 1 is 1.31 bits per heavy atom. The van der Waals surface area contributed by atoms with Gasteiger partial charge < -0.3 is 4.98 Å². The highest BCUT2D eigenvalue weighted by Gasteiger charge is 2.35. The molecule has 0 aliphatic rings. The highest BCUT2D eigenvalue weighted by atomic mass is 19.4. The molecule has 3 nitrogen and oxygen atoms in total. The van der Waals surface area contributed by atoms with Crippen molar-refractivity contribution in [1.82, 2.24) is 4.98 Å². The van der Waals surface area contributed by atoms with E-state index in [1.165, 1.54) is 0 Å². The zero-order chi connectivity index (χ0) is 12.5. The van der Waals surface area contributed by atoms with Gasteiger partial charge in [0.15, 0.2) is 6.29 Å². The van der Waals surface area contributed by atoms with Crippen LogP contribution in [0.15, 0.2) is 11.0 Å². The molecule has 1 heterocycles. The van der Waals surface area contributed by atoms with E-state index in [-0.39, 0.29) is 12.5 Å². The second kappa shape index (κ2) is 4.03. The number of halogens is 5. The van der Waals surface area contributed by atoms with Gasteiger partial charge in [0.2, 0.25) is 5.43 Å². The summed E-state index contributed by atoms with van der Waals surface area (Å²) in [5, 5.41) is 0. The molecule has 0 fully saturated rings. The Hall–Kier alpha value is -1.73. The molecule has 1 aromatic rings. The van der Waals surface area contributed by atoms with E-state index >= 15 is 0 Å². The molecule has 0 unspecified atom stereocenters. The molecule has 0 aliphatic heterocycles. The Bertz CT molecular complexity index is 462. The third-order valence-corrected chi connectivity index (χ3v) is 1.79. The van der Waals surface area contributed by atoms with Crippen LogP contribution in [0, 0.1) is 0 Å². The summed E-state index contributed by atoms with van der Waals surface area (Å²) >= 11 is 0. The summed E-state index contributed by atoms with van der Waals surface area (Å²) < 4.78 is 60.9. The fourth-order valence-electron chi connectivity index (χ4n) is 1.07. The van der Waals surface area contributed by atoms with Gasteiger partial charge in [0.25, 0.3) is 6.43 Å². The molecule has 1 N–H and O–H groups in total. The minimum Gasteiger partial charge on any atom is -0.359 e. The zero-order valence-corrected chi connectivity index (χ0v) is 7.44. The Morgan fingerprint density at radius 3 is 2.25 bits per heavy atom. The van der Waals surface area contributed by atoms with E-state index in [4.69, 9.17) is 0 Å². The quantitative estimate of drug-likeness (QED) is 0.637. The number of pyridine rings is 1. The molecular formula is C8H4F5NO2. The van der Waals surface area contributed by atoms with Gasteiger partial charge in [-0.3, -0.25) is 9.59 Å². The summed E-state index contributed by atoms with van der Waals surface area (Å²) in [6, 6.07) is 0. The lowest BCUT2D eigenvalue weighted by Crippen LogP contribution is -2.24. The number of alkyl halides is 5. The number of aldehydes is 1. The van der Waals surface area contributed by atoms with Gasteiger partial charge in [0.1, 0.15) is 5.56 Å².